The molecule has 110 valence electrons. The Labute approximate surface area is 122 Å². The first-order valence-corrected chi connectivity index (χ1v) is 7.07. The van der Waals surface area contributed by atoms with Gasteiger partial charge in [0.15, 0.2) is 5.69 Å². The van der Waals surface area contributed by atoms with Crippen LogP contribution in [0, 0.1) is 0 Å². The Morgan fingerprint density at radius 3 is 3.19 bits per heavy atom. The summed E-state index contributed by atoms with van der Waals surface area (Å²) in [4.78, 5) is 12.2. The highest BCUT2D eigenvalue weighted by Crippen LogP contribution is 2.15. The quantitative estimate of drug-likeness (QED) is 0.667. The fraction of sp³-hybridized carbons (Fsp3) is 0.333. The van der Waals surface area contributed by atoms with Crippen molar-refractivity contribution in [1.82, 2.24) is 20.8 Å². The van der Waals surface area contributed by atoms with Gasteiger partial charge in [-0.3, -0.25) is 9.89 Å². The van der Waals surface area contributed by atoms with Crippen LogP contribution in [0.5, 0.6) is 5.75 Å². The zero-order chi connectivity index (χ0) is 14.7. The molecular formula is C15H18N4O2. The molecule has 0 unspecified atom stereocenters. The second kappa shape index (κ2) is 5.97. The third-order valence-electron chi connectivity index (χ3n) is 3.63. The number of H-pyrrole nitrogens is 1. The van der Waals surface area contributed by atoms with Crippen LogP contribution in [0.2, 0.25) is 0 Å². The van der Waals surface area contributed by atoms with E-state index in [1.165, 1.54) is 0 Å². The number of hydrogen-bond donors (Lipinski definition) is 4. The van der Waals surface area contributed by atoms with E-state index in [0.29, 0.717) is 25.2 Å². The molecule has 1 aromatic carbocycles. The lowest BCUT2D eigenvalue weighted by molar-refractivity contribution is 0.0948. The van der Waals surface area contributed by atoms with Gasteiger partial charge in [0.1, 0.15) is 5.75 Å². The van der Waals surface area contributed by atoms with Crippen molar-refractivity contribution in [3.05, 3.63) is 46.8 Å². The predicted molar refractivity (Wildman–Crippen MR) is 78.1 cm³/mol. The van der Waals surface area contributed by atoms with Gasteiger partial charge in [-0.15, -0.1) is 0 Å². The van der Waals surface area contributed by atoms with Gasteiger partial charge in [0.05, 0.1) is 0 Å². The van der Waals surface area contributed by atoms with Crippen LogP contribution in [-0.4, -0.2) is 34.3 Å². The molecule has 0 bridgehead atoms. The molecular weight excluding hydrogens is 268 g/mol. The maximum atomic E-state index is 12.2. The number of aromatic amines is 1. The highest BCUT2D eigenvalue weighted by molar-refractivity contribution is 5.94. The maximum Gasteiger partial charge on any atom is 0.272 e. The first kappa shape index (κ1) is 13.6. The van der Waals surface area contributed by atoms with Gasteiger partial charge in [0.25, 0.3) is 5.91 Å². The SMILES string of the molecule is O=C(NCCc1cccc(O)c1)c1n[nH]c2c1CNCC2. The molecule has 1 aromatic heterocycles. The van der Waals surface area contributed by atoms with Crippen LogP contribution in [0.4, 0.5) is 0 Å². The molecule has 4 N–H and O–H groups in total. The predicted octanol–water partition coefficient (Wildman–Crippen LogP) is 0.733. The standard InChI is InChI=1S/C15H18N4O2/c20-11-3-1-2-10(8-11)4-7-17-15(21)14-12-9-16-6-5-13(12)18-19-14/h1-3,8,16,20H,4-7,9H2,(H,17,21)(H,18,19). The second-order valence-electron chi connectivity index (χ2n) is 5.13. The number of rotatable bonds is 4. The van der Waals surface area contributed by atoms with Crippen molar-refractivity contribution >= 4 is 5.91 Å². The summed E-state index contributed by atoms with van der Waals surface area (Å²) in [6, 6.07) is 7.05. The molecule has 1 aliphatic rings. The van der Waals surface area contributed by atoms with E-state index in [9.17, 15) is 9.90 Å². The van der Waals surface area contributed by atoms with Crippen LogP contribution >= 0.6 is 0 Å². The molecule has 1 amide bonds. The minimum Gasteiger partial charge on any atom is -0.508 e. The first-order chi connectivity index (χ1) is 10.2. The molecule has 21 heavy (non-hydrogen) atoms. The zero-order valence-corrected chi connectivity index (χ0v) is 11.6. The topological polar surface area (TPSA) is 90.0 Å². The summed E-state index contributed by atoms with van der Waals surface area (Å²) in [6.45, 7) is 2.10. The molecule has 1 aliphatic heterocycles. The molecule has 0 atom stereocenters. The zero-order valence-electron chi connectivity index (χ0n) is 11.6. The molecule has 0 saturated carbocycles. The molecule has 0 aliphatic carbocycles. The number of fused-ring (bicyclic) bond motifs is 1. The van der Waals surface area contributed by atoms with E-state index in [-0.39, 0.29) is 11.7 Å². The van der Waals surface area contributed by atoms with Gasteiger partial charge < -0.3 is 15.7 Å². The number of nitrogens with zero attached hydrogens (tertiary/aromatic N) is 1. The Morgan fingerprint density at radius 1 is 1.43 bits per heavy atom. The van der Waals surface area contributed by atoms with Crippen LogP contribution in [-0.2, 0) is 19.4 Å². The van der Waals surface area contributed by atoms with Crippen molar-refractivity contribution in [3.63, 3.8) is 0 Å². The number of carbonyl (C=O) groups excluding carboxylic acids is 1. The Bertz CT molecular complexity index is 651. The van der Waals surface area contributed by atoms with Crippen LogP contribution in [0.1, 0.15) is 27.3 Å². The Balaban J connectivity index is 1.58. The molecule has 2 aromatic rings. The molecule has 0 radical (unpaired) electrons. The minimum atomic E-state index is -0.156. The Morgan fingerprint density at radius 2 is 2.33 bits per heavy atom. The van der Waals surface area contributed by atoms with Crippen molar-refractivity contribution in [2.24, 2.45) is 0 Å². The average molecular weight is 286 g/mol. The molecule has 0 fully saturated rings. The van der Waals surface area contributed by atoms with E-state index in [0.717, 1.165) is 29.8 Å². The van der Waals surface area contributed by atoms with E-state index in [2.05, 4.69) is 20.8 Å². The number of nitrogens with one attached hydrogen (secondary N) is 3. The highest BCUT2D eigenvalue weighted by Gasteiger charge is 2.20. The average Bonchev–Trinajstić information content (AvgIpc) is 2.91. The number of benzene rings is 1. The van der Waals surface area contributed by atoms with Gasteiger partial charge in [0.2, 0.25) is 0 Å². The summed E-state index contributed by atoms with van der Waals surface area (Å²) >= 11 is 0. The Hall–Kier alpha value is -2.34. The number of carbonyl (C=O) groups is 1. The number of aromatic hydroxyl groups is 1. The monoisotopic (exact) mass is 286 g/mol. The van der Waals surface area contributed by atoms with Gasteiger partial charge in [-0.05, 0) is 24.1 Å². The summed E-state index contributed by atoms with van der Waals surface area (Å²) in [5.41, 5.74) is 3.48. The molecule has 2 heterocycles. The van der Waals surface area contributed by atoms with Gasteiger partial charge in [-0.2, -0.15) is 5.10 Å². The lowest BCUT2D eigenvalue weighted by Crippen LogP contribution is -2.29. The van der Waals surface area contributed by atoms with Crippen molar-refractivity contribution in [3.8, 4) is 5.75 Å². The van der Waals surface area contributed by atoms with Crippen LogP contribution < -0.4 is 10.6 Å². The van der Waals surface area contributed by atoms with Crippen molar-refractivity contribution in [1.29, 1.82) is 0 Å². The van der Waals surface area contributed by atoms with E-state index in [4.69, 9.17) is 0 Å². The van der Waals surface area contributed by atoms with Crippen molar-refractivity contribution < 1.29 is 9.90 Å². The molecule has 0 spiro atoms. The van der Waals surface area contributed by atoms with Gasteiger partial charge in [-0.1, -0.05) is 12.1 Å². The number of aromatic nitrogens is 2. The third kappa shape index (κ3) is 3.05. The molecule has 6 nitrogen and oxygen atoms in total. The van der Waals surface area contributed by atoms with E-state index >= 15 is 0 Å². The van der Waals surface area contributed by atoms with Gasteiger partial charge in [-0.25, -0.2) is 0 Å². The van der Waals surface area contributed by atoms with Gasteiger partial charge >= 0.3 is 0 Å². The summed E-state index contributed by atoms with van der Waals surface area (Å²) in [5, 5.41) is 22.6. The lowest BCUT2D eigenvalue weighted by atomic mass is 10.1. The van der Waals surface area contributed by atoms with Crippen LogP contribution in [0.3, 0.4) is 0 Å². The van der Waals surface area contributed by atoms with E-state index in [1.54, 1.807) is 18.2 Å². The second-order valence-corrected chi connectivity index (χ2v) is 5.13. The number of hydrogen-bond acceptors (Lipinski definition) is 4. The van der Waals surface area contributed by atoms with E-state index < -0.39 is 0 Å². The fourth-order valence-corrected chi connectivity index (χ4v) is 2.53. The van der Waals surface area contributed by atoms with E-state index in [1.807, 2.05) is 6.07 Å². The molecule has 6 heteroatoms. The highest BCUT2D eigenvalue weighted by atomic mass is 16.3. The summed E-state index contributed by atoms with van der Waals surface area (Å²) in [5.74, 6) is 0.0858. The van der Waals surface area contributed by atoms with Gasteiger partial charge in [0, 0.05) is 37.3 Å². The number of phenols is 1. The number of amides is 1. The maximum absolute atomic E-state index is 12.2. The first-order valence-electron chi connectivity index (χ1n) is 7.07. The summed E-state index contributed by atoms with van der Waals surface area (Å²) in [7, 11) is 0. The van der Waals surface area contributed by atoms with Crippen molar-refractivity contribution in [2.45, 2.75) is 19.4 Å². The summed E-state index contributed by atoms with van der Waals surface area (Å²) in [6.07, 6.45) is 1.55. The van der Waals surface area contributed by atoms with Crippen molar-refractivity contribution in [2.75, 3.05) is 13.1 Å². The molecule has 0 saturated heterocycles. The van der Waals surface area contributed by atoms with Crippen LogP contribution in [0.25, 0.3) is 0 Å². The largest absolute Gasteiger partial charge is 0.508 e. The fourth-order valence-electron chi connectivity index (χ4n) is 2.53. The number of phenolic OH excluding ortho intramolecular Hbond substituents is 1. The third-order valence-corrected chi connectivity index (χ3v) is 3.63. The molecule has 3 rings (SSSR count). The Kier molecular flexibility index (Phi) is 3.87. The van der Waals surface area contributed by atoms with Crippen LogP contribution in [0.15, 0.2) is 24.3 Å². The minimum absolute atomic E-state index is 0.156. The summed E-state index contributed by atoms with van der Waals surface area (Å²) < 4.78 is 0. The lowest BCUT2D eigenvalue weighted by Gasteiger charge is -2.12. The smallest absolute Gasteiger partial charge is 0.272 e. The normalized spacial score (nSPS) is 13.7.